The summed E-state index contributed by atoms with van der Waals surface area (Å²) >= 11 is 3.50. The average Bonchev–Trinajstić information content (AvgIpc) is 2.73. The van der Waals surface area contributed by atoms with Gasteiger partial charge in [0.2, 0.25) is 0 Å². The van der Waals surface area contributed by atoms with E-state index < -0.39 is 0 Å². The second-order valence-electron chi connectivity index (χ2n) is 4.78. The molecule has 1 aromatic heterocycles. The molecular weight excluding hydrogens is 290 g/mol. The zero-order valence-corrected chi connectivity index (χ0v) is 12.5. The molecule has 0 atom stereocenters. The van der Waals surface area contributed by atoms with Crippen LogP contribution in [0.1, 0.15) is 25.0 Å². The molecule has 1 heterocycles. The van der Waals surface area contributed by atoms with Crippen molar-refractivity contribution < 1.29 is 4.42 Å². The number of halogens is 1. The van der Waals surface area contributed by atoms with Crippen LogP contribution in [0.5, 0.6) is 0 Å². The third-order valence-electron chi connectivity index (χ3n) is 2.87. The fourth-order valence-electron chi connectivity index (χ4n) is 1.90. The molecule has 3 heteroatoms. The summed E-state index contributed by atoms with van der Waals surface area (Å²) in [6.07, 6.45) is 1.70. The van der Waals surface area contributed by atoms with E-state index in [1.54, 1.807) is 6.26 Å². The van der Waals surface area contributed by atoms with E-state index in [4.69, 9.17) is 4.42 Å². The van der Waals surface area contributed by atoms with Crippen molar-refractivity contribution in [2.24, 2.45) is 0 Å². The normalized spacial score (nSPS) is 11.2. The molecule has 0 unspecified atom stereocenters. The van der Waals surface area contributed by atoms with Crippen molar-refractivity contribution in [1.29, 1.82) is 0 Å². The van der Waals surface area contributed by atoms with Gasteiger partial charge in [-0.2, -0.15) is 0 Å². The Morgan fingerprint density at radius 3 is 2.61 bits per heavy atom. The highest BCUT2D eigenvalue weighted by molar-refractivity contribution is 9.10. The molecule has 18 heavy (non-hydrogen) atoms. The molecule has 0 aliphatic heterocycles. The van der Waals surface area contributed by atoms with Gasteiger partial charge in [-0.15, -0.1) is 0 Å². The smallest absolute Gasteiger partial charge is 0.148 e. The molecule has 0 bridgehead atoms. The third-order valence-corrected chi connectivity index (χ3v) is 3.49. The summed E-state index contributed by atoms with van der Waals surface area (Å²) < 4.78 is 6.51. The lowest BCUT2D eigenvalue weighted by Crippen LogP contribution is -2.21. The largest absolute Gasteiger partial charge is 0.463 e. The molecule has 0 spiro atoms. The molecule has 0 aliphatic carbocycles. The molecule has 1 aromatic carbocycles. The third kappa shape index (κ3) is 3.03. The molecule has 2 rings (SSSR count). The van der Waals surface area contributed by atoms with Gasteiger partial charge >= 0.3 is 0 Å². The first kappa shape index (κ1) is 13.4. The van der Waals surface area contributed by atoms with Gasteiger partial charge in [-0.1, -0.05) is 32.0 Å². The molecule has 1 N–H and O–H groups in total. The SMILES string of the molecule is Cc1cc(CNC(C)C)ccc1-c1occc1Br. The Morgan fingerprint density at radius 1 is 1.28 bits per heavy atom. The summed E-state index contributed by atoms with van der Waals surface area (Å²) in [6.45, 7) is 7.32. The van der Waals surface area contributed by atoms with Crippen LogP contribution in [0.3, 0.4) is 0 Å². The second kappa shape index (κ2) is 5.72. The predicted octanol–water partition coefficient (Wildman–Crippen LogP) is 4.52. The summed E-state index contributed by atoms with van der Waals surface area (Å²) in [5.74, 6) is 0.899. The van der Waals surface area contributed by atoms with Gasteiger partial charge < -0.3 is 9.73 Å². The lowest BCUT2D eigenvalue weighted by molar-refractivity contribution is 0.580. The Balaban J connectivity index is 2.23. The number of rotatable bonds is 4. The first-order valence-electron chi connectivity index (χ1n) is 6.14. The molecule has 0 aliphatic rings. The van der Waals surface area contributed by atoms with E-state index >= 15 is 0 Å². The van der Waals surface area contributed by atoms with Crippen LogP contribution < -0.4 is 5.32 Å². The van der Waals surface area contributed by atoms with Gasteiger partial charge in [0.25, 0.3) is 0 Å². The van der Waals surface area contributed by atoms with Crippen molar-refractivity contribution in [3.8, 4) is 11.3 Å². The van der Waals surface area contributed by atoms with Crippen molar-refractivity contribution in [1.82, 2.24) is 5.32 Å². The molecule has 0 amide bonds. The summed E-state index contributed by atoms with van der Waals surface area (Å²) in [6, 6.07) is 8.90. The van der Waals surface area contributed by atoms with E-state index in [1.807, 2.05) is 6.07 Å². The van der Waals surface area contributed by atoms with Gasteiger partial charge in [-0.25, -0.2) is 0 Å². The van der Waals surface area contributed by atoms with Crippen LogP contribution in [0.15, 0.2) is 39.4 Å². The summed E-state index contributed by atoms with van der Waals surface area (Å²) in [4.78, 5) is 0. The van der Waals surface area contributed by atoms with Crippen molar-refractivity contribution in [3.63, 3.8) is 0 Å². The van der Waals surface area contributed by atoms with Crippen LogP contribution in [-0.4, -0.2) is 6.04 Å². The highest BCUT2D eigenvalue weighted by Crippen LogP contribution is 2.31. The van der Waals surface area contributed by atoms with Crippen LogP contribution in [-0.2, 0) is 6.54 Å². The summed E-state index contributed by atoms with van der Waals surface area (Å²) in [7, 11) is 0. The van der Waals surface area contributed by atoms with Crippen LogP contribution in [0.4, 0.5) is 0 Å². The highest BCUT2D eigenvalue weighted by Gasteiger charge is 2.09. The summed E-state index contributed by atoms with van der Waals surface area (Å²) in [5, 5.41) is 3.42. The molecule has 0 radical (unpaired) electrons. The number of furan rings is 1. The molecule has 96 valence electrons. The van der Waals surface area contributed by atoms with Crippen molar-refractivity contribution in [2.75, 3.05) is 0 Å². The topological polar surface area (TPSA) is 25.2 Å². The zero-order valence-electron chi connectivity index (χ0n) is 11.0. The minimum Gasteiger partial charge on any atom is -0.463 e. The maximum atomic E-state index is 5.51. The van der Waals surface area contributed by atoms with Gasteiger partial charge in [-0.3, -0.25) is 0 Å². The monoisotopic (exact) mass is 307 g/mol. The fourth-order valence-corrected chi connectivity index (χ4v) is 2.31. The van der Waals surface area contributed by atoms with E-state index in [2.05, 4.69) is 60.2 Å². The second-order valence-corrected chi connectivity index (χ2v) is 5.64. The predicted molar refractivity (Wildman–Crippen MR) is 78.6 cm³/mol. The van der Waals surface area contributed by atoms with Crippen LogP contribution in [0.25, 0.3) is 11.3 Å². The Labute approximate surface area is 117 Å². The van der Waals surface area contributed by atoms with E-state index in [9.17, 15) is 0 Å². The Hall–Kier alpha value is -1.06. The average molecular weight is 308 g/mol. The zero-order chi connectivity index (χ0) is 13.1. The Kier molecular flexibility index (Phi) is 4.25. The van der Waals surface area contributed by atoms with E-state index in [0.29, 0.717) is 6.04 Å². The van der Waals surface area contributed by atoms with Gasteiger partial charge in [0.1, 0.15) is 5.76 Å². The standard InChI is InChI=1S/C15H18BrNO/c1-10(2)17-9-12-4-5-13(11(3)8-12)15-14(16)6-7-18-15/h4-8,10,17H,9H2,1-3H3. The van der Waals surface area contributed by atoms with Gasteiger partial charge in [-0.05, 0) is 40.0 Å². The Bertz CT molecular complexity index is 531. The lowest BCUT2D eigenvalue weighted by atomic mass is 10.0. The molecule has 0 saturated carbocycles. The van der Waals surface area contributed by atoms with Crippen LogP contribution in [0.2, 0.25) is 0 Å². The quantitative estimate of drug-likeness (QED) is 0.898. The van der Waals surface area contributed by atoms with Crippen molar-refractivity contribution in [2.45, 2.75) is 33.4 Å². The maximum Gasteiger partial charge on any atom is 0.148 e. The molecular formula is C15H18BrNO. The van der Waals surface area contributed by atoms with Gasteiger partial charge in [0.15, 0.2) is 0 Å². The van der Waals surface area contributed by atoms with Gasteiger partial charge in [0, 0.05) is 18.2 Å². The van der Waals surface area contributed by atoms with Crippen molar-refractivity contribution >= 4 is 15.9 Å². The van der Waals surface area contributed by atoms with E-state index in [0.717, 1.165) is 22.3 Å². The molecule has 2 aromatic rings. The van der Waals surface area contributed by atoms with E-state index in [1.165, 1.54) is 11.1 Å². The van der Waals surface area contributed by atoms with Crippen LogP contribution >= 0.6 is 15.9 Å². The Morgan fingerprint density at radius 2 is 2.06 bits per heavy atom. The highest BCUT2D eigenvalue weighted by atomic mass is 79.9. The van der Waals surface area contributed by atoms with Gasteiger partial charge in [0.05, 0.1) is 10.7 Å². The first-order valence-corrected chi connectivity index (χ1v) is 6.93. The number of aryl methyl sites for hydroxylation is 1. The van der Waals surface area contributed by atoms with E-state index in [-0.39, 0.29) is 0 Å². The molecule has 0 saturated heterocycles. The minimum absolute atomic E-state index is 0.504. The molecule has 2 nitrogen and oxygen atoms in total. The number of hydrogen-bond acceptors (Lipinski definition) is 2. The number of nitrogens with one attached hydrogen (secondary N) is 1. The van der Waals surface area contributed by atoms with Crippen LogP contribution in [0, 0.1) is 6.92 Å². The lowest BCUT2D eigenvalue weighted by Gasteiger charge is -2.10. The minimum atomic E-state index is 0.504. The number of hydrogen-bond donors (Lipinski definition) is 1. The molecule has 0 fully saturated rings. The maximum absolute atomic E-state index is 5.51. The first-order chi connectivity index (χ1) is 8.58. The fraction of sp³-hybridized carbons (Fsp3) is 0.333. The van der Waals surface area contributed by atoms with Crippen molar-refractivity contribution in [3.05, 3.63) is 46.1 Å². The number of benzene rings is 1. The summed E-state index contributed by atoms with van der Waals surface area (Å²) in [5.41, 5.74) is 3.67.